The van der Waals surface area contributed by atoms with Crippen LogP contribution in [0, 0.1) is 5.92 Å². The summed E-state index contributed by atoms with van der Waals surface area (Å²) < 4.78 is 10.6. The van der Waals surface area contributed by atoms with Gasteiger partial charge in [-0.2, -0.15) is 0 Å². The third-order valence-electron chi connectivity index (χ3n) is 6.22. The number of piperazine rings is 1. The topological polar surface area (TPSA) is 158 Å². The van der Waals surface area contributed by atoms with E-state index in [1.54, 1.807) is 41.3 Å². The maximum Gasteiger partial charge on any atom is 0.415 e. The number of rotatable bonds is 11. The molecule has 0 aliphatic carbocycles. The summed E-state index contributed by atoms with van der Waals surface area (Å²) in [5, 5.41) is 14.8. The minimum absolute atomic E-state index is 0.0122. The number of carboxylic acid groups (broad SMARTS) is 1. The van der Waals surface area contributed by atoms with Crippen molar-refractivity contribution in [3.63, 3.8) is 0 Å². The first-order chi connectivity index (χ1) is 19.1. The Morgan fingerprint density at radius 1 is 0.975 bits per heavy atom. The zero-order valence-corrected chi connectivity index (χ0v) is 23.9. The number of hydrogen-bond acceptors (Lipinski definition) is 7. The number of carbonyl (C=O) groups excluding carboxylic acids is 4. The Morgan fingerprint density at radius 2 is 1.62 bits per heavy atom. The molecule has 216 valence electrons. The Kier molecular flexibility index (Phi) is 11.1. The fourth-order valence-corrected chi connectivity index (χ4v) is 4.31. The van der Waals surface area contributed by atoms with E-state index >= 15 is 0 Å². The number of aliphatic carboxylic acids is 1. The smallest absolute Gasteiger partial charge is 0.415 e. The summed E-state index contributed by atoms with van der Waals surface area (Å²) in [4.78, 5) is 64.6. The van der Waals surface area contributed by atoms with E-state index in [2.05, 4.69) is 26.6 Å². The SMILES string of the molecule is CC(C)C[C@H](NC(=O)CBr)C(=O)N[C@@H](Cc1ccc(OC(=O)N2CCN(C(=O)c3ccco3)CC2)cc1)C(=O)O. The molecule has 1 aromatic heterocycles. The molecule has 0 radical (unpaired) electrons. The number of carbonyl (C=O) groups is 5. The van der Waals surface area contributed by atoms with Gasteiger partial charge in [-0.05, 0) is 42.2 Å². The number of carboxylic acids is 1. The van der Waals surface area contributed by atoms with Gasteiger partial charge in [0.2, 0.25) is 11.8 Å². The lowest BCUT2D eigenvalue weighted by Gasteiger charge is -2.33. The average molecular weight is 621 g/mol. The highest BCUT2D eigenvalue weighted by Gasteiger charge is 2.28. The number of amides is 4. The lowest BCUT2D eigenvalue weighted by molar-refractivity contribution is -0.142. The second-order valence-electron chi connectivity index (χ2n) is 9.76. The quantitative estimate of drug-likeness (QED) is 0.323. The molecular formula is C27H33BrN4O8. The number of nitrogens with zero attached hydrogens (tertiary/aromatic N) is 2. The Hall–Kier alpha value is -3.87. The zero-order chi connectivity index (χ0) is 29.2. The van der Waals surface area contributed by atoms with Crippen LogP contribution in [0.3, 0.4) is 0 Å². The van der Waals surface area contributed by atoms with E-state index in [9.17, 15) is 29.1 Å². The predicted molar refractivity (Wildman–Crippen MR) is 147 cm³/mol. The Balaban J connectivity index is 1.53. The number of halogens is 1. The molecule has 0 saturated carbocycles. The molecule has 12 nitrogen and oxygen atoms in total. The summed E-state index contributed by atoms with van der Waals surface area (Å²) in [6.07, 6.45) is 1.21. The Morgan fingerprint density at radius 3 is 2.17 bits per heavy atom. The Bertz CT molecular complexity index is 1180. The van der Waals surface area contributed by atoms with Crippen molar-refractivity contribution in [2.24, 2.45) is 5.92 Å². The molecule has 1 aliphatic rings. The molecule has 1 saturated heterocycles. The van der Waals surface area contributed by atoms with Crippen LogP contribution in [-0.2, 0) is 20.8 Å². The van der Waals surface area contributed by atoms with Crippen molar-refractivity contribution in [2.45, 2.75) is 38.8 Å². The van der Waals surface area contributed by atoms with Crippen LogP contribution in [0.2, 0.25) is 0 Å². The largest absolute Gasteiger partial charge is 0.480 e. The van der Waals surface area contributed by atoms with E-state index in [4.69, 9.17) is 9.15 Å². The molecule has 13 heteroatoms. The normalized spacial score (nSPS) is 14.8. The van der Waals surface area contributed by atoms with Gasteiger partial charge in [-0.15, -0.1) is 0 Å². The summed E-state index contributed by atoms with van der Waals surface area (Å²) in [5.41, 5.74) is 0.599. The van der Waals surface area contributed by atoms with E-state index in [0.717, 1.165) is 0 Å². The molecule has 1 aromatic carbocycles. The van der Waals surface area contributed by atoms with Crippen LogP contribution in [0.15, 0.2) is 47.1 Å². The van der Waals surface area contributed by atoms with Crippen molar-refractivity contribution in [3.05, 3.63) is 54.0 Å². The standard InChI is InChI=1S/C27H33BrN4O8/c1-17(2)14-20(29-23(33)16-28)24(34)30-21(26(36)37)15-18-5-7-19(8-6-18)40-27(38)32-11-9-31(10-12-32)25(35)22-4-3-13-39-22/h3-8,13,17,20-21H,9-12,14-16H2,1-2H3,(H,29,33)(H,30,34)(H,36,37)/t20-,21-/m0/s1. The van der Waals surface area contributed by atoms with Crippen molar-refractivity contribution >= 4 is 45.7 Å². The van der Waals surface area contributed by atoms with Gasteiger partial charge in [0.05, 0.1) is 11.6 Å². The molecule has 3 N–H and O–H groups in total. The van der Waals surface area contributed by atoms with Gasteiger partial charge < -0.3 is 34.7 Å². The lowest BCUT2D eigenvalue weighted by atomic mass is 10.0. The van der Waals surface area contributed by atoms with Crippen LogP contribution in [0.1, 0.15) is 36.4 Å². The van der Waals surface area contributed by atoms with E-state index in [-0.39, 0.29) is 41.0 Å². The maximum absolute atomic E-state index is 12.8. The molecule has 0 unspecified atom stereocenters. The van der Waals surface area contributed by atoms with Gasteiger partial charge in [0.25, 0.3) is 5.91 Å². The first-order valence-electron chi connectivity index (χ1n) is 12.8. The fraction of sp³-hybridized carbons (Fsp3) is 0.444. The third-order valence-corrected chi connectivity index (χ3v) is 6.73. The van der Waals surface area contributed by atoms with Gasteiger partial charge in [0.1, 0.15) is 17.8 Å². The molecular weight excluding hydrogens is 588 g/mol. The number of furan rings is 1. The average Bonchev–Trinajstić information content (AvgIpc) is 3.47. The molecule has 2 aromatic rings. The summed E-state index contributed by atoms with van der Waals surface area (Å²) in [6.45, 7) is 5.08. The van der Waals surface area contributed by atoms with Crippen LogP contribution in [0.25, 0.3) is 0 Å². The number of hydrogen-bond donors (Lipinski definition) is 3. The molecule has 2 heterocycles. The molecule has 1 aliphatic heterocycles. The van der Waals surface area contributed by atoms with E-state index in [1.165, 1.54) is 11.2 Å². The number of ether oxygens (including phenoxy) is 1. The van der Waals surface area contributed by atoms with Crippen molar-refractivity contribution in [1.82, 2.24) is 20.4 Å². The van der Waals surface area contributed by atoms with Gasteiger partial charge in [-0.25, -0.2) is 9.59 Å². The second-order valence-corrected chi connectivity index (χ2v) is 10.3. The zero-order valence-electron chi connectivity index (χ0n) is 22.3. The third kappa shape index (κ3) is 8.83. The molecule has 0 bridgehead atoms. The molecule has 2 atom stereocenters. The van der Waals surface area contributed by atoms with Gasteiger partial charge in [-0.1, -0.05) is 41.9 Å². The first-order valence-corrected chi connectivity index (χ1v) is 14.0. The Labute approximate surface area is 240 Å². The van der Waals surface area contributed by atoms with Crippen LogP contribution in [0.5, 0.6) is 5.75 Å². The van der Waals surface area contributed by atoms with Crippen molar-refractivity contribution in [1.29, 1.82) is 0 Å². The van der Waals surface area contributed by atoms with Crippen molar-refractivity contribution in [3.8, 4) is 5.75 Å². The van der Waals surface area contributed by atoms with Crippen LogP contribution in [-0.4, -0.2) is 88.3 Å². The van der Waals surface area contributed by atoms with Gasteiger partial charge in [-0.3, -0.25) is 14.4 Å². The van der Waals surface area contributed by atoms with Crippen LogP contribution in [0.4, 0.5) is 4.79 Å². The van der Waals surface area contributed by atoms with Crippen molar-refractivity contribution in [2.75, 3.05) is 31.5 Å². The summed E-state index contributed by atoms with van der Waals surface area (Å²) in [7, 11) is 0. The molecule has 40 heavy (non-hydrogen) atoms. The minimum Gasteiger partial charge on any atom is -0.480 e. The van der Waals surface area contributed by atoms with E-state index < -0.39 is 30.1 Å². The fourth-order valence-electron chi connectivity index (χ4n) is 4.15. The highest BCUT2D eigenvalue weighted by Crippen LogP contribution is 2.17. The highest BCUT2D eigenvalue weighted by atomic mass is 79.9. The van der Waals surface area contributed by atoms with Crippen LogP contribution < -0.4 is 15.4 Å². The van der Waals surface area contributed by atoms with E-state index in [1.807, 2.05) is 13.8 Å². The molecule has 4 amide bonds. The first kappa shape index (κ1) is 30.7. The number of nitrogens with one attached hydrogen (secondary N) is 2. The summed E-state index contributed by atoms with van der Waals surface area (Å²) in [5.74, 6) is -1.79. The second kappa shape index (κ2) is 14.5. The molecule has 3 rings (SSSR count). The van der Waals surface area contributed by atoms with Gasteiger partial charge >= 0.3 is 12.1 Å². The summed E-state index contributed by atoms with van der Waals surface area (Å²) in [6, 6.07) is 7.46. The minimum atomic E-state index is -1.23. The lowest BCUT2D eigenvalue weighted by Crippen LogP contribution is -2.52. The molecule has 1 fully saturated rings. The number of benzene rings is 1. The van der Waals surface area contributed by atoms with Gasteiger partial charge in [0.15, 0.2) is 5.76 Å². The van der Waals surface area contributed by atoms with Crippen LogP contribution >= 0.6 is 15.9 Å². The number of alkyl halides is 1. The highest BCUT2D eigenvalue weighted by molar-refractivity contribution is 9.09. The molecule has 0 spiro atoms. The van der Waals surface area contributed by atoms with E-state index in [0.29, 0.717) is 38.2 Å². The predicted octanol–water partition coefficient (Wildman–Crippen LogP) is 2.27. The monoisotopic (exact) mass is 620 g/mol. The van der Waals surface area contributed by atoms with Crippen molar-refractivity contribution < 1.29 is 38.2 Å². The van der Waals surface area contributed by atoms with Gasteiger partial charge in [0, 0.05) is 32.6 Å². The maximum atomic E-state index is 12.8. The summed E-state index contributed by atoms with van der Waals surface area (Å²) >= 11 is 3.05.